The number of rotatable bonds is 3. The Labute approximate surface area is 81.9 Å². The Balaban J connectivity index is 2.69. The van der Waals surface area contributed by atoms with Gasteiger partial charge in [-0.1, -0.05) is 0 Å². The first-order valence-corrected chi connectivity index (χ1v) is 5.18. The second-order valence-corrected chi connectivity index (χ2v) is 3.45. The summed E-state index contributed by atoms with van der Waals surface area (Å²) < 4.78 is 0. The summed E-state index contributed by atoms with van der Waals surface area (Å²) in [6.07, 6.45) is 5.54. The van der Waals surface area contributed by atoms with Crippen LogP contribution in [-0.4, -0.2) is 17.1 Å². The monoisotopic (exact) mass is 196 g/mol. The lowest BCUT2D eigenvalue weighted by atomic mass is 10.3. The van der Waals surface area contributed by atoms with Crippen molar-refractivity contribution in [3.63, 3.8) is 0 Å². The van der Waals surface area contributed by atoms with Gasteiger partial charge in [-0.15, -0.1) is 11.8 Å². The van der Waals surface area contributed by atoms with Crippen molar-refractivity contribution in [2.75, 3.05) is 6.26 Å². The second-order valence-electron chi connectivity index (χ2n) is 2.60. The number of nitrogens with one attached hydrogen (secondary N) is 1. The third kappa shape index (κ3) is 3.06. The van der Waals surface area contributed by atoms with Crippen LogP contribution >= 0.6 is 11.8 Å². The maximum absolute atomic E-state index is 10.7. The second kappa shape index (κ2) is 4.87. The zero-order valence-corrected chi connectivity index (χ0v) is 8.52. The minimum atomic E-state index is -0.0177. The van der Waals surface area contributed by atoms with Gasteiger partial charge in [-0.05, 0) is 12.3 Å². The largest absolute Gasteiger partial charge is 0.352 e. The number of pyridine rings is 1. The van der Waals surface area contributed by atoms with Crippen LogP contribution in [0, 0.1) is 0 Å². The number of nitrogens with zero attached hydrogens (tertiary/aromatic N) is 1. The van der Waals surface area contributed by atoms with E-state index in [0.717, 1.165) is 10.5 Å². The van der Waals surface area contributed by atoms with Gasteiger partial charge in [-0.3, -0.25) is 9.78 Å². The number of carbonyl (C=O) groups is 1. The zero-order valence-electron chi connectivity index (χ0n) is 7.70. The van der Waals surface area contributed by atoms with Crippen LogP contribution in [0.5, 0.6) is 0 Å². The van der Waals surface area contributed by atoms with Crippen molar-refractivity contribution in [2.45, 2.75) is 18.4 Å². The molecule has 1 N–H and O–H groups in total. The summed E-state index contributed by atoms with van der Waals surface area (Å²) in [7, 11) is 0. The van der Waals surface area contributed by atoms with Crippen molar-refractivity contribution in [1.29, 1.82) is 0 Å². The van der Waals surface area contributed by atoms with Gasteiger partial charge in [0.1, 0.15) is 0 Å². The van der Waals surface area contributed by atoms with Gasteiger partial charge in [0.25, 0.3) is 0 Å². The van der Waals surface area contributed by atoms with E-state index < -0.39 is 0 Å². The Morgan fingerprint density at radius 1 is 1.69 bits per heavy atom. The molecule has 1 amide bonds. The van der Waals surface area contributed by atoms with Gasteiger partial charge in [0.15, 0.2) is 0 Å². The van der Waals surface area contributed by atoms with E-state index in [1.54, 1.807) is 24.2 Å². The van der Waals surface area contributed by atoms with Crippen LogP contribution in [0.2, 0.25) is 0 Å². The third-order valence-electron chi connectivity index (χ3n) is 1.61. The van der Waals surface area contributed by atoms with Crippen LogP contribution in [0.25, 0.3) is 0 Å². The number of amides is 1. The molecule has 1 aromatic rings. The predicted octanol–water partition coefficient (Wildman–Crippen LogP) is 1.44. The highest BCUT2D eigenvalue weighted by Crippen LogP contribution is 2.18. The lowest BCUT2D eigenvalue weighted by Crippen LogP contribution is -2.19. The first kappa shape index (κ1) is 10.1. The molecule has 0 aliphatic heterocycles. The van der Waals surface area contributed by atoms with E-state index in [1.165, 1.54) is 6.92 Å². The fraction of sp³-hybridized carbons (Fsp3) is 0.333. The molecule has 1 aromatic heterocycles. The molecule has 3 nitrogen and oxygen atoms in total. The summed E-state index contributed by atoms with van der Waals surface area (Å²) in [4.78, 5) is 15.8. The van der Waals surface area contributed by atoms with Gasteiger partial charge >= 0.3 is 0 Å². The topological polar surface area (TPSA) is 42.0 Å². The van der Waals surface area contributed by atoms with Gasteiger partial charge in [0.2, 0.25) is 5.91 Å². The zero-order chi connectivity index (χ0) is 9.68. The normalized spacial score (nSPS) is 9.69. The average Bonchev–Trinajstić information content (AvgIpc) is 2.15. The molecule has 1 heterocycles. The lowest BCUT2D eigenvalue weighted by molar-refractivity contribution is -0.119. The van der Waals surface area contributed by atoms with E-state index in [1.807, 2.05) is 12.3 Å². The Morgan fingerprint density at radius 3 is 3.08 bits per heavy atom. The van der Waals surface area contributed by atoms with Gasteiger partial charge < -0.3 is 5.32 Å². The van der Waals surface area contributed by atoms with Gasteiger partial charge in [-0.25, -0.2) is 0 Å². The summed E-state index contributed by atoms with van der Waals surface area (Å²) in [5.41, 5.74) is 1.06. The van der Waals surface area contributed by atoms with E-state index in [2.05, 4.69) is 10.3 Å². The molecule has 13 heavy (non-hydrogen) atoms. The summed E-state index contributed by atoms with van der Waals surface area (Å²) in [5.74, 6) is -0.0177. The standard InChI is InChI=1S/C9H12N2OS/c1-7(12)11-6-8-5-10-4-3-9(8)13-2/h3-5H,6H2,1-2H3,(H,11,12). The molecule has 0 unspecified atom stereocenters. The van der Waals surface area contributed by atoms with Crippen molar-refractivity contribution in [3.8, 4) is 0 Å². The molecule has 0 saturated heterocycles. The molecule has 0 aromatic carbocycles. The molecule has 0 fully saturated rings. The summed E-state index contributed by atoms with van der Waals surface area (Å²) in [5, 5.41) is 2.74. The lowest BCUT2D eigenvalue weighted by Gasteiger charge is -2.05. The minimum absolute atomic E-state index is 0.0177. The smallest absolute Gasteiger partial charge is 0.217 e. The van der Waals surface area contributed by atoms with Crippen LogP contribution in [0.1, 0.15) is 12.5 Å². The first-order chi connectivity index (χ1) is 6.24. The SMILES string of the molecule is CSc1ccncc1CNC(C)=O. The van der Waals surface area contributed by atoms with Crippen molar-refractivity contribution in [3.05, 3.63) is 24.0 Å². The van der Waals surface area contributed by atoms with Crippen LogP contribution in [0.15, 0.2) is 23.4 Å². The van der Waals surface area contributed by atoms with Crippen molar-refractivity contribution in [1.82, 2.24) is 10.3 Å². The summed E-state index contributed by atoms with van der Waals surface area (Å²) >= 11 is 1.66. The van der Waals surface area contributed by atoms with Crippen molar-refractivity contribution < 1.29 is 4.79 Å². The number of carbonyl (C=O) groups excluding carboxylic acids is 1. The van der Waals surface area contributed by atoms with E-state index >= 15 is 0 Å². The highest BCUT2D eigenvalue weighted by molar-refractivity contribution is 7.98. The maximum Gasteiger partial charge on any atom is 0.217 e. The molecule has 0 spiro atoms. The molecular formula is C9H12N2OS. The highest BCUT2D eigenvalue weighted by Gasteiger charge is 2.00. The Morgan fingerprint density at radius 2 is 2.46 bits per heavy atom. The number of aromatic nitrogens is 1. The quantitative estimate of drug-likeness (QED) is 0.744. The molecule has 0 saturated carbocycles. The summed E-state index contributed by atoms with van der Waals surface area (Å²) in [6, 6.07) is 1.95. The molecule has 0 aliphatic carbocycles. The molecule has 0 bridgehead atoms. The fourth-order valence-corrected chi connectivity index (χ4v) is 1.55. The van der Waals surface area contributed by atoms with Crippen molar-refractivity contribution >= 4 is 17.7 Å². The third-order valence-corrected chi connectivity index (χ3v) is 2.44. The number of hydrogen-bond acceptors (Lipinski definition) is 3. The van der Waals surface area contributed by atoms with Gasteiger partial charge in [-0.2, -0.15) is 0 Å². The Hall–Kier alpha value is -1.03. The Bertz CT molecular complexity index is 301. The van der Waals surface area contributed by atoms with E-state index in [9.17, 15) is 4.79 Å². The molecule has 0 atom stereocenters. The molecule has 4 heteroatoms. The number of thioether (sulfide) groups is 1. The molecule has 0 aliphatic rings. The van der Waals surface area contributed by atoms with Gasteiger partial charge in [0, 0.05) is 36.3 Å². The molecule has 70 valence electrons. The molecule has 0 radical (unpaired) electrons. The van der Waals surface area contributed by atoms with E-state index in [0.29, 0.717) is 6.54 Å². The number of hydrogen-bond donors (Lipinski definition) is 1. The highest BCUT2D eigenvalue weighted by atomic mass is 32.2. The first-order valence-electron chi connectivity index (χ1n) is 3.95. The average molecular weight is 196 g/mol. The maximum atomic E-state index is 10.7. The predicted molar refractivity (Wildman–Crippen MR) is 53.5 cm³/mol. The van der Waals surface area contributed by atoms with Crippen LogP contribution in [-0.2, 0) is 11.3 Å². The minimum Gasteiger partial charge on any atom is -0.352 e. The summed E-state index contributed by atoms with van der Waals surface area (Å²) in [6.45, 7) is 2.06. The van der Waals surface area contributed by atoms with Crippen molar-refractivity contribution in [2.24, 2.45) is 0 Å². The van der Waals surface area contributed by atoms with E-state index in [4.69, 9.17) is 0 Å². The fourth-order valence-electron chi connectivity index (χ4n) is 0.966. The Kier molecular flexibility index (Phi) is 3.76. The van der Waals surface area contributed by atoms with Gasteiger partial charge in [0.05, 0.1) is 0 Å². The van der Waals surface area contributed by atoms with Crippen LogP contribution in [0.4, 0.5) is 0 Å². The van der Waals surface area contributed by atoms with Crippen LogP contribution in [0.3, 0.4) is 0 Å². The molecular weight excluding hydrogens is 184 g/mol. The van der Waals surface area contributed by atoms with E-state index in [-0.39, 0.29) is 5.91 Å². The van der Waals surface area contributed by atoms with Crippen LogP contribution < -0.4 is 5.32 Å². The molecule has 1 rings (SSSR count).